The minimum Gasteiger partial charge on any atom is -0.493 e. The van der Waals surface area contributed by atoms with E-state index in [0.29, 0.717) is 39.0 Å². The number of para-hydroxylation sites is 1. The third-order valence-corrected chi connectivity index (χ3v) is 6.56. The highest BCUT2D eigenvalue weighted by Crippen LogP contribution is 2.31. The predicted molar refractivity (Wildman–Crippen MR) is 121 cm³/mol. The van der Waals surface area contributed by atoms with Gasteiger partial charge >= 0.3 is 6.03 Å². The van der Waals surface area contributed by atoms with Crippen molar-refractivity contribution >= 4 is 16.1 Å². The van der Waals surface area contributed by atoms with Gasteiger partial charge in [0, 0.05) is 24.7 Å². The van der Waals surface area contributed by atoms with E-state index in [9.17, 15) is 13.2 Å². The van der Waals surface area contributed by atoms with E-state index >= 15 is 0 Å². The number of urea groups is 1. The standard InChI is InChI=1S/C23H29N3O4S/c1-31(28,29)25-20-10-5-13-26-21(20)16-17-7-4-8-18(15-17)19-9-2-3-11-22(19)30-14-6-12-24-23(26)27/h2-4,7-9,11,15,20-21,25H,5-6,10,12-14,16H2,1H3,(H,24,27)/t20-,21-/m0/s1. The van der Waals surface area contributed by atoms with E-state index < -0.39 is 10.0 Å². The Morgan fingerprint density at radius 3 is 2.81 bits per heavy atom. The molecule has 166 valence electrons. The number of carbonyl (C=O) groups is 1. The molecule has 2 aliphatic heterocycles. The molecule has 2 aromatic rings. The lowest BCUT2D eigenvalue weighted by Gasteiger charge is -2.41. The van der Waals surface area contributed by atoms with Crippen molar-refractivity contribution in [2.45, 2.75) is 37.8 Å². The summed E-state index contributed by atoms with van der Waals surface area (Å²) in [6, 6.07) is 15.4. The fraction of sp³-hybridized carbons (Fsp3) is 0.435. The topological polar surface area (TPSA) is 87.7 Å². The third kappa shape index (κ3) is 5.37. The van der Waals surface area contributed by atoms with Gasteiger partial charge in [0.15, 0.2) is 0 Å². The number of piperidine rings is 1. The summed E-state index contributed by atoms with van der Waals surface area (Å²) < 4.78 is 32.7. The number of carbonyl (C=O) groups excluding carboxylic acids is 1. The summed E-state index contributed by atoms with van der Waals surface area (Å²) in [5.41, 5.74) is 3.12. The summed E-state index contributed by atoms with van der Waals surface area (Å²) in [5, 5.41) is 2.98. The molecule has 2 aromatic carbocycles. The number of benzene rings is 2. The number of nitrogens with zero attached hydrogens (tertiary/aromatic N) is 1. The van der Waals surface area contributed by atoms with Gasteiger partial charge in [0.2, 0.25) is 10.0 Å². The van der Waals surface area contributed by atoms with Crippen molar-refractivity contribution < 1.29 is 17.9 Å². The molecule has 0 saturated carbocycles. The van der Waals surface area contributed by atoms with Crippen LogP contribution in [0.4, 0.5) is 4.79 Å². The van der Waals surface area contributed by atoms with Crippen LogP contribution in [-0.2, 0) is 16.4 Å². The highest BCUT2D eigenvalue weighted by atomic mass is 32.2. The van der Waals surface area contributed by atoms with Crippen molar-refractivity contribution in [2.24, 2.45) is 0 Å². The van der Waals surface area contributed by atoms with Crippen LogP contribution in [0.1, 0.15) is 24.8 Å². The predicted octanol–water partition coefficient (Wildman–Crippen LogP) is 2.77. The van der Waals surface area contributed by atoms with Crippen LogP contribution in [0.3, 0.4) is 0 Å². The maximum Gasteiger partial charge on any atom is 0.317 e. The summed E-state index contributed by atoms with van der Waals surface area (Å²) in [5.74, 6) is 0.818. The zero-order chi connectivity index (χ0) is 21.8. The Labute approximate surface area is 183 Å². The van der Waals surface area contributed by atoms with E-state index in [1.165, 1.54) is 6.26 Å². The Hall–Kier alpha value is -2.58. The first-order chi connectivity index (χ1) is 14.9. The van der Waals surface area contributed by atoms with Crippen LogP contribution in [0, 0.1) is 0 Å². The number of hydrogen-bond donors (Lipinski definition) is 2. The van der Waals surface area contributed by atoms with Gasteiger partial charge in [0.05, 0.1) is 18.9 Å². The molecule has 7 nitrogen and oxygen atoms in total. The molecule has 2 atom stereocenters. The fourth-order valence-corrected chi connectivity index (χ4v) is 5.29. The van der Waals surface area contributed by atoms with Crippen molar-refractivity contribution in [3.05, 3.63) is 54.1 Å². The summed E-state index contributed by atoms with van der Waals surface area (Å²) >= 11 is 0. The number of nitrogens with one attached hydrogen (secondary N) is 2. The minimum absolute atomic E-state index is 0.154. The van der Waals surface area contributed by atoms with Gasteiger partial charge in [-0.15, -0.1) is 0 Å². The molecule has 2 bridgehead atoms. The highest BCUT2D eigenvalue weighted by Gasteiger charge is 2.35. The van der Waals surface area contributed by atoms with Crippen LogP contribution in [0.2, 0.25) is 0 Å². The first-order valence-electron chi connectivity index (χ1n) is 10.7. The van der Waals surface area contributed by atoms with Crippen molar-refractivity contribution in [1.82, 2.24) is 14.9 Å². The number of fused-ring (bicyclic) bond motifs is 5. The Morgan fingerprint density at radius 2 is 1.97 bits per heavy atom. The van der Waals surface area contributed by atoms with Crippen LogP contribution in [0.5, 0.6) is 5.75 Å². The second-order valence-corrected chi connectivity index (χ2v) is 10.0. The largest absolute Gasteiger partial charge is 0.493 e. The number of rotatable bonds is 2. The van der Waals surface area contributed by atoms with E-state index in [1.807, 2.05) is 36.4 Å². The Balaban J connectivity index is 1.72. The SMILES string of the molecule is CS(=O)(=O)N[C@H]1CCCN2C(=O)NCCCOc3ccccc3-c3cccc(c3)C[C@@H]12. The Morgan fingerprint density at radius 1 is 1.13 bits per heavy atom. The molecule has 0 aliphatic carbocycles. The zero-order valence-corrected chi connectivity index (χ0v) is 18.5. The molecule has 8 heteroatoms. The van der Waals surface area contributed by atoms with Crippen LogP contribution in [0.15, 0.2) is 48.5 Å². The van der Waals surface area contributed by atoms with Crippen molar-refractivity contribution in [1.29, 1.82) is 0 Å². The Bertz CT molecular complexity index is 1040. The quantitative estimate of drug-likeness (QED) is 0.747. The van der Waals surface area contributed by atoms with Gasteiger partial charge in [-0.2, -0.15) is 0 Å². The van der Waals surface area contributed by atoms with Crippen LogP contribution in [-0.4, -0.2) is 57.4 Å². The summed E-state index contributed by atoms with van der Waals surface area (Å²) in [4.78, 5) is 14.7. The smallest absolute Gasteiger partial charge is 0.317 e. The molecule has 2 amide bonds. The number of hydrogen-bond acceptors (Lipinski definition) is 4. The third-order valence-electron chi connectivity index (χ3n) is 5.83. The maximum atomic E-state index is 12.9. The molecule has 2 aliphatic rings. The van der Waals surface area contributed by atoms with Gasteiger partial charge in [0.25, 0.3) is 0 Å². The fourth-order valence-electron chi connectivity index (χ4n) is 4.46. The second-order valence-electron chi connectivity index (χ2n) is 8.23. The van der Waals surface area contributed by atoms with Gasteiger partial charge in [0.1, 0.15) is 5.75 Å². The number of amides is 2. The van der Waals surface area contributed by atoms with E-state index in [4.69, 9.17) is 4.74 Å². The first kappa shape index (κ1) is 21.6. The molecule has 1 saturated heterocycles. The number of ether oxygens (including phenoxy) is 1. The van der Waals surface area contributed by atoms with Crippen LogP contribution < -0.4 is 14.8 Å². The van der Waals surface area contributed by atoms with Crippen molar-refractivity contribution in [2.75, 3.05) is 26.0 Å². The lowest BCUT2D eigenvalue weighted by molar-refractivity contribution is 0.133. The normalized spacial score (nSPS) is 22.4. The summed E-state index contributed by atoms with van der Waals surface area (Å²) in [7, 11) is -3.39. The van der Waals surface area contributed by atoms with Gasteiger partial charge < -0.3 is 15.0 Å². The van der Waals surface area contributed by atoms with Gasteiger partial charge in [-0.1, -0.05) is 42.5 Å². The average molecular weight is 444 g/mol. The van der Waals surface area contributed by atoms with Gasteiger partial charge in [-0.05, 0) is 42.9 Å². The molecule has 2 heterocycles. The second kappa shape index (κ2) is 9.28. The van der Waals surface area contributed by atoms with E-state index in [1.54, 1.807) is 4.90 Å². The maximum absolute atomic E-state index is 12.9. The first-order valence-corrected chi connectivity index (χ1v) is 12.6. The molecule has 0 spiro atoms. The van der Waals surface area contributed by atoms with Gasteiger partial charge in [-0.3, -0.25) is 0 Å². The Kier molecular flexibility index (Phi) is 6.48. The monoisotopic (exact) mass is 443 g/mol. The summed E-state index contributed by atoms with van der Waals surface area (Å²) in [6.07, 6.45) is 3.89. The highest BCUT2D eigenvalue weighted by molar-refractivity contribution is 7.88. The van der Waals surface area contributed by atoms with E-state index in [-0.39, 0.29) is 18.1 Å². The molecule has 0 aromatic heterocycles. The van der Waals surface area contributed by atoms with Crippen molar-refractivity contribution in [3.8, 4) is 16.9 Å². The molecule has 0 unspecified atom stereocenters. The molecular formula is C23H29N3O4S. The summed E-state index contributed by atoms with van der Waals surface area (Å²) in [6.45, 7) is 1.61. The molecule has 1 fully saturated rings. The lowest BCUT2D eigenvalue weighted by Crippen LogP contribution is -2.59. The van der Waals surface area contributed by atoms with E-state index in [2.05, 4.69) is 22.2 Å². The molecule has 31 heavy (non-hydrogen) atoms. The molecular weight excluding hydrogens is 414 g/mol. The average Bonchev–Trinajstić information content (AvgIpc) is 2.73. The van der Waals surface area contributed by atoms with Crippen LogP contribution in [0.25, 0.3) is 11.1 Å². The zero-order valence-electron chi connectivity index (χ0n) is 17.7. The molecule has 0 radical (unpaired) electrons. The minimum atomic E-state index is -3.39. The van der Waals surface area contributed by atoms with Gasteiger partial charge in [-0.25, -0.2) is 17.9 Å². The molecule has 4 rings (SSSR count). The van der Waals surface area contributed by atoms with E-state index in [0.717, 1.165) is 28.9 Å². The van der Waals surface area contributed by atoms with Crippen molar-refractivity contribution in [3.63, 3.8) is 0 Å². The number of sulfonamides is 1. The van der Waals surface area contributed by atoms with Crippen LogP contribution >= 0.6 is 0 Å². The lowest BCUT2D eigenvalue weighted by atomic mass is 9.90. The molecule has 2 N–H and O–H groups in total.